The van der Waals surface area contributed by atoms with Gasteiger partial charge in [-0.3, -0.25) is 9.59 Å². The Bertz CT molecular complexity index is 865. The molecule has 2 aromatic carbocycles. The minimum Gasteiger partial charge on any atom is -0.359 e. The Morgan fingerprint density at radius 2 is 1.80 bits per heavy atom. The quantitative estimate of drug-likeness (QED) is 0.771. The van der Waals surface area contributed by atoms with E-state index in [0.29, 0.717) is 10.7 Å². The Labute approximate surface area is 152 Å². The fourth-order valence-corrected chi connectivity index (χ4v) is 4.01. The molecule has 2 heterocycles. The topological polar surface area (TPSA) is 40.6 Å². The summed E-state index contributed by atoms with van der Waals surface area (Å²) in [5.74, 6) is -0.324. The summed E-state index contributed by atoms with van der Waals surface area (Å²) in [6.45, 7) is 2.63. The summed E-state index contributed by atoms with van der Waals surface area (Å²) in [4.78, 5) is 29.2. The first kappa shape index (κ1) is 16.2. The lowest BCUT2D eigenvalue weighted by Crippen LogP contribution is -2.44. The minimum atomic E-state index is -0.438. The van der Waals surface area contributed by atoms with Crippen molar-refractivity contribution in [1.82, 2.24) is 0 Å². The number of anilines is 2. The zero-order chi connectivity index (χ0) is 17.6. The normalized spacial score (nSPS) is 20.2. The van der Waals surface area contributed by atoms with E-state index in [-0.39, 0.29) is 18.2 Å². The second-order valence-electron chi connectivity index (χ2n) is 6.60. The highest BCUT2D eigenvalue weighted by Crippen LogP contribution is 2.35. The maximum Gasteiger partial charge on any atom is 0.256 e. The van der Waals surface area contributed by atoms with Crippen LogP contribution < -0.4 is 9.80 Å². The Balaban J connectivity index is 1.70. The molecule has 1 atom stereocenters. The number of carbonyl (C=O) groups excluding carboxylic acids is 2. The first-order chi connectivity index (χ1) is 12.1. The van der Waals surface area contributed by atoms with E-state index in [1.54, 1.807) is 18.2 Å². The number of aryl methyl sites for hydroxylation is 1. The van der Waals surface area contributed by atoms with Gasteiger partial charge in [0.25, 0.3) is 5.91 Å². The lowest BCUT2D eigenvalue weighted by molar-refractivity contribution is -0.121. The molecule has 2 aliphatic heterocycles. The van der Waals surface area contributed by atoms with Crippen molar-refractivity contribution in [2.75, 3.05) is 16.3 Å². The van der Waals surface area contributed by atoms with Gasteiger partial charge in [0.05, 0.1) is 12.1 Å². The molecule has 2 amide bonds. The van der Waals surface area contributed by atoms with Gasteiger partial charge < -0.3 is 4.90 Å². The number of fused-ring (bicyclic) bond motifs is 1. The summed E-state index contributed by atoms with van der Waals surface area (Å²) in [7, 11) is 0. The number of nitrogens with zero attached hydrogens (tertiary/aromatic N) is 2. The lowest BCUT2D eigenvalue weighted by atomic mass is 9.99. The fourth-order valence-electron chi connectivity index (χ4n) is 3.84. The monoisotopic (exact) mass is 354 g/mol. The Morgan fingerprint density at radius 3 is 2.64 bits per heavy atom. The van der Waals surface area contributed by atoms with E-state index in [0.717, 1.165) is 30.6 Å². The van der Waals surface area contributed by atoms with Crippen LogP contribution in [0.25, 0.3) is 0 Å². The van der Waals surface area contributed by atoms with Crippen molar-refractivity contribution >= 4 is 34.8 Å². The molecule has 0 aliphatic carbocycles. The van der Waals surface area contributed by atoms with Crippen molar-refractivity contribution in [3.63, 3.8) is 0 Å². The third kappa shape index (κ3) is 2.61. The molecule has 2 aromatic rings. The molecular weight excluding hydrogens is 336 g/mol. The molecule has 2 aliphatic rings. The van der Waals surface area contributed by atoms with Crippen LogP contribution in [0.4, 0.5) is 11.4 Å². The number of benzene rings is 2. The van der Waals surface area contributed by atoms with Gasteiger partial charge in [-0.05, 0) is 49.1 Å². The highest BCUT2D eigenvalue weighted by Gasteiger charge is 2.44. The number of hydrogen-bond donors (Lipinski definition) is 0. The standard InChI is InChI=1S/C20H19ClN2O2/c1-13-15(21)8-4-10-16(13)23-19(24)12-18(20(23)25)22-11-5-7-14-6-2-3-9-17(14)22/h2-4,6,8-10,18H,5,7,11-12H2,1H3. The number of carbonyl (C=O) groups is 2. The van der Waals surface area contributed by atoms with Gasteiger partial charge >= 0.3 is 0 Å². The number of hydrogen-bond acceptors (Lipinski definition) is 3. The Kier molecular flexibility index (Phi) is 4.00. The third-order valence-corrected chi connectivity index (χ3v) is 5.53. The van der Waals surface area contributed by atoms with E-state index in [2.05, 4.69) is 11.0 Å². The first-order valence-electron chi connectivity index (χ1n) is 8.54. The highest BCUT2D eigenvalue weighted by atomic mass is 35.5. The van der Waals surface area contributed by atoms with Crippen molar-refractivity contribution in [1.29, 1.82) is 0 Å². The van der Waals surface area contributed by atoms with Crippen LogP contribution in [0.1, 0.15) is 24.0 Å². The summed E-state index contributed by atoms with van der Waals surface area (Å²) < 4.78 is 0. The number of para-hydroxylation sites is 1. The average molecular weight is 355 g/mol. The second kappa shape index (κ2) is 6.19. The van der Waals surface area contributed by atoms with Crippen LogP contribution in [0.2, 0.25) is 5.02 Å². The summed E-state index contributed by atoms with van der Waals surface area (Å²) >= 11 is 6.18. The molecule has 4 rings (SSSR count). The van der Waals surface area contributed by atoms with Crippen molar-refractivity contribution in [2.45, 2.75) is 32.2 Å². The SMILES string of the molecule is Cc1c(Cl)cccc1N1C(=O)CC(N2CCCc3ccccc32)C1=O. The predicted molar refractivity (Wildman–Crippen MR) is 99.2 cm³/mol. The van der Waals surface area contributed by atoms with Gasteiger partial charge in [-0.2, -0.15) is 0 Å². The summed E-state index contributed by atoms with van der Waals surface area (Å²) in [6.07, 6.45) is 2.21. The molecule has 25 heavy (non-hydrogen) atoms. The van der Waals surface area contributed by atoms with Crippen molar-refractivity contribution in [2.24, 2.45) is 0 Å². The minimum absolute atomic E-state index is 0.160. The maximum absolute atomic E-state index is 13.1. The van der Waals surface area contributed by atoms with Crippen LogP contribution in [0.3, 0.4) is 0 Å². The van der Waals surface area contributed by atoms with Gasteiger partial charge in [0.1, 0.15) is 6.04 Å². The van der Waals surface area contributed by atoms with Crippen LogP contribution in [-0.4, -0.2) is 24.4 Å². The van der Waals surface area contributed by atoms with Gasteiger partial charge in [-0.25, -0.2) is 4.90 Å². The van der Waals surface area contributed by atoms with Crippen LogP contribution in [0, 0.1) is 6.92 Å². The van der Waals surface area contributed by atoms with Gasteiger partial charge in [-0.1, -0.05) is 35.9 Å². The van der Waals surface area contributed by atoms with Crippen molar-refractivity contribution < 1.29 is 9.59 Å². The van der Waals surface area contributed by atoms with Gasteiger partial charge in [-0.15, -0.1) is 0 Å². The molecule has 0 aromatic heterocycles. The van der Waals surface area contributed by atoms with Crippen molar-refractivity contribution in [3.8, 4) is 0 Å². The number of amides is 2. The number of rotatable bonds is 2. The second-order valence-corrected chi connectivity index (χ2v) is 7.00. The molecule has 5 heteroatoms. The molecule has 0 N–H and O–H groups in total. The van der Waals surface area contributed by atoms with E-state index >= 15 is 0 Å². The van der Waals surface area contributed by atoms with E-state index in [4.69, 9.17) is 11.6 Å². The van der Waals surface area contributed by atoms with E-state index < -0.39 is 6.04 Å². The zero-order valence-electron chi connectivity index (χ0n) is 14.0. The zero-order valence-corrected chi connectivity index (χ0v) is 14.8. The smallest absolute Gasteiger partial charge is 0.256 e. The fraction of sp³-hybridized carbons (Fsp3) is 0.300. The van der Waals surface area contributed by atoms with Crippen LogP contribution >= 0.6 is 11.6 Å². The number of halogens is 1. The molecule has 1 unspecified atom stereocenters. The first-order valence-corrected chi connectivity index (χ1v) is 8.92. The molecule has 128 valence electrons. The van der Waals surface area contributed by atoms with Gasteiger partial charge in [0.15, 0.2) is 0 Å². The Morgan fingerprint density at radius 1 is 1.04 bits per heavy atom. The van der Waals surface area contributed by atoms with E-state index in [9.17, 15) is 9.59 Å². The molecule has 0 spiro atoms. The molecule has 1 saturated heterocycles. The third-order valence-electron chi connectivity index (χ3n) is 5.13. The van der Waals surface area contributed by atoms with Crippen LogP contribution in [0.15, 0.2) is 42.5 Å². The van der Waals surface area contributed by atoms with Gasteiger partial charge in [0.2, 0.25) is 5.91 Å². The van der Waals surface area contributed by atoms with Gasteiger partial charge in [0, 0.05) is 17.3 Å². The number of imide groups is 1. The van der Waals surface area contributed by atoms with Crippen LogP contribution in [-0.2, 0) is 16.0 Å². The average Bonchev–Trinajstić information content (AvgIpc) is 2.91. The Hall–Kier alpha value is -2.33. The predicted octanol–water partition coefficient (Wildman–Crippen LogP) is 3.73. The summed E-state index contributed by atoms with van der Waals surface area (Å²) in [6, 6.07) is 13.0. The van der Waals surface area contributed by atoms with E-state index in [1.165, 1.54) is 10.5 Å². The molecular formula is C20H19ClN2O2. The molecule has 0 bridgehead atoms. The lowest BCUT2D eigenvalue weighted by Gasteiger charge is -2.34. The molecule has 1 fully saturated rings. The molecule has 4 nitrogen and oxygen atoms in total. The summed E-state index contributed by atoms with van der Waals surface area (Å²) in [5, 5.41) is 0.560. The molecule has 0 radical (unpaired) electrons. The van der Waals surface area contributed by atoms with Crippen molar-refractivity contribution in [3.05, 3.63) is 58.6 Å². The maximum atomic E-state index is 13.1. The van der Waals surface area contributed by atoms with Crippen LogP contribution in [0.5, 0.6) is 0 Å². The summed E-state index contributed by atoms with van der Waals surface area (Å²) in [5.41, 5.74) is 3.66. The highest BCUT2D eigenvalue weighted by molar-refractivity contribution is 6.32. The molecule has 0 saturated carbocycles. The van der Waals surface area contributed by atoms with E-state index in [1.807, 2.05) is 25.1 Å². The largest absolute Gasteiger partial charge is 0.359 e.